The molecule has 0 N–H and O–H groups in total. The summed E-state index contributed by atoms with van der Waals surface area (Å²) in [4.78, 5) is 11.3. The third-order valence-electron chi connectivity index (χ3n) is 2.88. The molecule has 1 saturated carbocycles. The first-order valence-corrected chi connectivity index (χ1v) is 5.94. The van der Waals surface area contributed by atoms with Gasteiger partial charge < -0.3 is 8.92 Å². The third kappa shape index (κ3) is 4.53. The summed E-state index contributed by atoms with van der Waals surface area (Å²) in [6.45, 7) is 4.06. The first kappa shape index (κ1) is 13.0. The van der Waals surface area contributed by atoms with Crippen LogP contribution in [0, 0.1) is 5.92 Å². The molecule has 15 heavy (non-hydrogen) atoms. The fourth-order valence-corrected chi connectivity index (χ4v) is 1.88. The van der Waals surface area contributed by atoms with Crippen LogP contribution in [0.2, 0.25) is 0 Å². The van der Waals surface area contributed by atoms with E-state index in [2.05, 4.69) is 12.9 Å². The quantitative estimate of drug-likeness (QED) is 0.584. The highest BCUT2D eigenvalue weighted by Gasteiger charge is 2.22. The molecule has 0 aromatic heterocycles. The lowest BCUT2D eigenvalue weighted by Gasteiger charge is -2.26. The topological polar surface area (TPSA) is 35.5 Å². The van der Waals surface area contributed by atoms with Crippen LogP contribution in [0.1, 0.15) is 39.5 Å². The molecule has 0 aromatic carbocycles. The molecule has 0 unspecified atom stereocenters. The normalized spacial score (nSPS) is 26.9. The van der Waals surface area contributed by atoms with E-state index in [0.29, 0.717) is 0 Å². The molecule has 0 heterocycles. The molecule has 0 saturated heterocycles. The van der Waals surface area contributed by atoms with E-state index in [0.717, 1.165) is 25.7 Å². The Labute approximate surface area is 97.1 Å². The van der Waals surface area contributed by atoms with Gasteiger partial charge in [0.05, 0.1) is 12.2 Å². The summed E-state index contributed by atoms with van der Waals surface area (Å²) < 4.78 is 10.5. The van der Waals surface area contributed by atoms with Gasteiger partial charge in [-0.25, -0.2) is 0 Å². The number of Topliss-reactive ketones (excluding diaryl/α,β-unsaturated/α-hetero) is 1. The van der Waals surface area contributed by atoms with Crippen LogP contribution in [0.3, 0.4) is 0 Å². The molecule has 0 bridgehead atoms. The van der Waals surface area contributed by atoms with Crippen molar-refractivity contribution in [3.8, 4) is 0 Å². The van der Waals surface area contributed by atoms with Crippen LogP contribution in [-0.2, 0) is 13.7 Å². The number of ketones is 1. The summed E-state index contributed by atoms with van der Waals surface area (Å²) in [5, 5.41) is 0. The van der Waals surface area contributed by atoms with Gasteiger partial charge in [-0.1, -0.05) is 13.8 Å². The lowest BCUT2D eigenvalue weighted by atomic mass is 9.95. The maximum absolute atomic E-state index is 11.3. The smallest absolute Gasteiger partial charge is 0.160 e. The molecular weight excluding hydrogens is 212 g/mol. The van der Waals surface area contributed by atoms with Crippen LogP contribution in [0.4, 0.5) is 0 Å². The fourth-order valence-electron chi connectivity index (χ4n) is 1.67. The van der Waals surface area contributed by atoms with E-state index in [9.17, 15) is 4.79 Å². The van der Waals surface area contributed by atoms with Gasteiger partial charge in [-0.15, -0.1) is 0 Å². The molecular formula is C11H20O3S. The van der Waals surface area contributed by atoms with Crippen molar-refractivity contribution in [1.29, 1.82) is 0 Å². The predicted molar refractivity (Wildman–Crippen MR) is 61.9 cm³/mol. The third-order valence-corrected chi connectivity index (χ3v) is 3.17. The minimum Gasteiger partial charge on any atom is -0.370 e. The Kier molecular flexibility index (Phi) is 5.64. The van der Waals surface area contributed by atoms with Crippen molar-refractivity contribution in [1.82, 2.24) is 0 Å². The molecule has 3 nitrogen and oxygen atoms in total. The molecule has 1 aliphatic carbocycles. The second-order valence-electron chi connectivity index (χ2n) is 4.44. The standard InChI is InChI=1S/C11H20O3S/c1-8(2)11(12)7-13-9-3-5-10(14-15)6-4-9/h8-10,15H,3-7H2,1-2H3. The zero-order valence-electron chi connectivity index (χ0n) is 9.44. The van der Waals surface area contributed by atoms with Gasteiger partial charge >= 0.3 is 0 Å². The summed E-state index contributed by atoms with van der Waals surface area (Å²) in [6.07, 6.45) is 4.38. The summed E-state index contributed by atoms with van der Waals surface area (Å²) in [5.74, 6) is 0.254. The fraction of sp³-hybridized carbons (Fsp3) is 0.909. The van der Waals surface area contributed by atoms with E-state index in [1.165, 1.54) is 0 Å². The van der Waals surface area contributed by atoms with E-state index < -0.39 is 0 Å². The summed E-state index contributed by atoms with van der Waals surface area (Å²) in [5.41, 5.74) is 0. The van der Waals surface area contributed by atoms with Crippen molar-refractivity contribution >= 4 is 18.7 Å². The van der Waals surface area contributed by atoms with Gasteiger partial charge in [0.1, 0.15) is 6.61 Å². The number of rotatable bonds is 5. The monoisotopic (exact) mass is 232 g/mol. The maximum atomic E-state index is 11.3. The van der Waals surface area contributed by atoms with E-state index in [1.807, 2.05) is 13.8 Å². The minimum absolute atomic E-state index is 0.0714. The van der Waals surface area contributed by atoms with Crippen molar-refractivity contribution in [2.75, 3.05) is 6.61 Å². The first-order chi connectivity index (χ1) is 7.13. The molecule has 1 aliphatic rings. The van der Waals surface area contributed by atoms with Crippen molar-refractivity contribution in [3.63, 3.8) is 0 Å². The van der Waals surface area contributed by atoms with Gasteiger partial charge in [-0.05, 0) is 38.6 Å². The van der Waals surface area contributed by atoms with Crippen LogP contribution in [0.5, 0.6) is 0 Å². The molecule has 88 valence electrons. The van der Waals surface area contributed by atoms with Crippen molar-refractivity contribution in [2.24, 2.45) is 5.92 Å². The molecule has 0 spiro atoms. The van der Waals surface area contributed by atoms with E-state index in [1.54, 1.807) is 0 Å². The highest BCUT2D eigenvalue weighted by atomic mass is 32.1. The molecule has 4 heteroatoms. The summed E-state index contributed by atoms with van der Waals surface area (Å²) in [6, 6.07) is 0. The molecule has 0 radical (unpaired) electrons. The molecule has 1 fully saturated rings. The second-order valence-corrected chi connectivity index (χ2v) is 4.65. The van der Waals surface area contributed by atoms with Crippen LogP contribution in [0.15, 0.2) is 0 Å². The van der Waals surface area contributed by atoms with Gasteiger partial charge in [-0.3, -0.25) is 4.79 Å². The van der Waals surface area contributed by atoms with Crippen LogP contribution >= 0.6 is 12.9 Å². The Morgan fingerprint density at radius 1 is 1.27 bits per heavy atom. The highest BCUT2D eigenvalue weighted by molar-refractivity contribution is 7.75. The van der Waals surface area contributed by atoms with Crippen molar-refractivity contribution in [3.05, 3.63) is 0 Å². The number of carbonyl (C=O) groups is 1. The number of thiol groups is 1. The molecule has 0 aromatic rings. The SMILES string of the molecule is CC(C)C(=O)COC1CCC(OS)CC1. The number of hydrogen-bond acceptors (Lipinski definition) is 4. The average Bonchev–Trinajstić information content (AvgIpc) is 2.26. The molecule has 0 aliphatic heterocycles. The average molecular weight is 232 g/mol. The number of carbonyl (C=O) groups excluding carboxylic acids is 1. The zero-order valence-corrected chi connectivity index (χ0v) is 10.3. The Bertz CT molecular complexity index is 198. The van der Waals surface area contributed by atoms with Gasteiger partial charge in [-0.2, -0.15) is 0 Å². The Morgan fingerprint density at radius 2 is 1.80 bits per heavy atom. The first-order valence-electron chi connectivity index (χ1n) is 5.58. The van der Waals surface area contributed by atoms with Gasteiger partial charge in [0.2, 0.25) is 0 Å². The van der Waals surface area contributed by atoms with Gasteiger partial charge in [0.15, 0.2) is 5.78 Å². The van der Waals surface area contributed by atoms with E-state index >= 15 is 0 Å². The second kappa shape index (κ2) is 6.51. The van der Waals surface area contributed by atoms with Crippen LogP contribution < -0.4 is 0 Å². The van der Waals surface area contributed by atoms with Crippen molar-refractivity contribution in [2.45, 2.75) is 51.7 Å². The van der Waals surface area contributed by atoms with Gasteiger partial charge in [0.25, 0.3) is 0 Å². The molecule has 1 rings (SSSR count). The summed E-state index contributed by atoms with van der Waals surface area (Å²) >= 11 is 3.81. The Balaban J connectivity index is 2.16. The number of hydrogen-bond donors (Lipinski definition) is 1. The zero-order chi connectivity index (χ0) is 11.3. The largest absolute Gasteiger partial charge is 0.370 e. The van der Waals surface area contributed by atoms with Crippen molar-refractivity contribution < 1.29 is 13.7 Å². The van der Waals surface area contributed by atoms with E-state index in [-0.39, 0.29) is 30.5 Å². The lowest BCUT2D eigenvalue weighted by molar-refractivity contribution is -0.129. The Hall–Kier alpha value is -0.0600. The van der Waals surface area contributed by atoms with E-state index in [4.69, 9.17) is 8.92 Å². The highest BCUT2D eigenvalue weighted by Crippen LogP contribution is 2.24. The van der Waals surface area contributed by atoms with Crippen LogP contribution in [0.25, 0.3) is 0 Å². The lowest BCUT2D eigenvalue weighted by Crippen LogP contribution is -2.27. The molecule has 0 amide bonds. The predicted octanol–water partition coefficient (Wildman–Crippen LogP) is 2.40. The maximum Gasteiger partial charge on any atom is 0.160 e. The Morgan fingerprint density at radius 3 is 2.27 bits per heavy atom. The van der Waals surface area contributed by atoms with Crippen LogP contribution in [-0.4, -0.2) is 24.6 Å². The van der Waals surface area contributed by atoms with Gasteiger partial charge in [0, 0.05) is 5.92 Å². The molecule has 0 atom stereocenters. The summed E-state index contributed by atoms with van der Waals surface area (Å²) in [7, 11) is 0. The number of ether oxygens (including phenoxy) is 1. The minimum atomic E-state index is 0.0714.